The van der Waals surface area contributed by atoms with E-state index in [0.29, 0.717) is 41.2 Å². The Kier molecular flexibility index (Phi) is 7.60. The number of hydrogen-bond acceptors (Lipinski definition) is 5. The topological polar surface area (TPSA) is 63.2 Å². The molecule has 0 saturated carbocycles. The van der Waals surface area contributed by atoms with Crippen LogP contribution in [0.2, 0.25) is 10.0 Å². The van der Waals surface area contributed by atoms with Gasteiger partial charge in [0.2, 0.25) is 0 Å². The van der Waals surface area contributed by atoms with Gasteiger partial charge in [-0.2, -0.15) is 5.10 Å². The third kappa shape index (κ3) is 5.78. The van der Waals surface area contributed by atoms with Crippen molar-refractivity contribution >= 4 is 46.1 Å². The summed E-state index contributed by atoms with van der Waals surface area (Å²) in [5.74, 6) is 0.227. The van der Waals surface area contributed by atoms with Crippen molar-refractivity contribution in [2.24, 2.45) is 5.10 Å². The molecule has 32 heavy (non-hydrogen) atoms. The minimum Gasteiger partial charge on any atom is -0.486 e. The SMILES string of the molecule is O=C(CN1CCOCC1)N/N=C/c1cc(Cl)c(OCc2cccc3ccccc23)c(Cl)c1. The molecule has 1 aliphatic heterocycles. The van der Waals surface area contributed by atoms with Gasteiger partial charge >= 0.3 is 0 Å². The fraction of sp³-hybridized carbons (Fsp3) is 0.250. The molecule has 1 heterocycles. The van der Waals surface area contributed by atoms with Gasteiger partial charge in [-0.15, -0.1) is 0 Å². The van der Waals surface area contributed by atoms with Crippen molar-refractivity contribution in [2.45, 2.75) is 6.61 Å². The van der Waals surface area contributed by atoms with E-state index in [2.05, 4.69) is 28.7 Å². The zero-order valence-electron chi connectivity index (χ0n) is 17.4. The molecule has 1 saturated heterocycles. The average molecular weight is 472 g/mol. The Morgan fingerprint density at radius 3 is 2.59 bits per heavy atom. The molecular weight excluding hydrogens is 449 g/mol. The third-order valence-corrected chi connectivity index (χ3v) is 5.71. The second-order valence-corrected chi connectivity index (χ2v) is 8.24. The molecule has 1 fully saturated rings. The number of carbonyl (C=O) groups is 1. The maximum absolute atomic E-state index is 12.0. The van der Waals surface area contributed by atoms with Gasteiger partial charge in [-0.25, -0.2) is 5.43 Å². The maximum Gasteiger partial charge on any atom is 0.254 e. The molecule has 0 spiro atoms. The van der Waals surface area contributed by atoms with E-state index in [1.807, 2.05) is 29.2 Å². The monoisotopic (exact) mass is 471 g/mol. The van der Waals surface area contributed by atoms with Crippen molar-refractivity contribution in [2.75, 3.05) is 32.8 Å². The van der Waals surface area contributed by atoms with Crippen molar-refractivity contribution in [1.82, 2.24) is 10.3 Å². The molecule has 0 atom stereocenters. The molecule has 0 unspecified atom stereocenters. The molecule has 0 radical (unpaired) electrons. The Labute approximate surface area is 196 Å². The molecule has 1 amide bonds. The first-order valence-corrected chi connectivity index (χ1v) is 11.1. The van der Waals surface area contributed by atoms with Gasteiger partial charge in [0.1, 0.15) is 6.61 Å². The first-order chi connectivity index (χ1) is 15.6. The second-order valence-electron chi connectivity index (χ2n) is 7.42. The quantitative estimate of drug-likeness (QED) is 0.406. The summed E-state index contributed by atoms with van der Waals surface area (Å²) in [6.45, 7) is 3.38. The van der Waals surface area contributed by atoms with E-state index >= 15 is 0 Å². The Morgan fingerprint density at radius 1 is 1.09 bits per heavy atom. The van der Waals surface area contributed by atoms with E-state index in [1.54, 1.807) is 12.1 Å². The number of ether oxygens (including phenoxy) is 2. The van der Waals surface area contributed by atoms with Crippen LogP contribution in [0, 0.1) is 0 Å². The number of hydrazone groups is 1. The van der Waals surface area contributed by atoms with E-state index in [9.17, 15) is 4.79 Å². The van der Waals surface area contributed by atoms with Crippen molar-refractivity contribution in [1.29, 1.82) is 0 Å². The Balaban J connectivity index is 1.37. The first-order valence-electron chi connectivity index (χ1n) is 10.3. The number of nitrogens with zero attached hydrogens (tertiary/aromatic N) is 2. The van der Waals surface area contributed by atoms with Crippen LogP contribution in [0.4, 0.5) is 0 Å². The number of nitrogens with one attached hydrogen (secondary N) is 1. The number of fused-ring (bicyclic) bond motifs is 1. The van der Waals surface area contributed by atoms with E-state index in [4.69, 9.17) is 32.7 Å². The lowest BCUT2D eigenvalue weighted by Gasteiger charge is -2.25. The molecule has 0 aromatic heterocycles. The summed E-state index contributed by atoms with van der Waals surface area (Å²) in [5.41, 5.74) is 4.23. The lowest BCUT2D eigenvalue weighted by Crippen LogP contribution is -2.42. The molecule has 3 aromatic rings. The molecule has 1 N–H and O–H groups in total. The highest BCUT2D eigenvalue weighted by atomic mass is 35.5. The molecule has 6 nitrogen and oxygen atoms in total. The van der Waals surface area contributed by atoms with Gasteiger partial charge in [0.15, 0.2) is 5.75 Å². The average Bonchev–Trinajstić information content (AvgIpc) is 2.79. The Morgan fingerprint density at radius 2 is 1.81 bits per heavy atom. The van der Waals surface area contributed by atoms with Crippen LogP contribution in [-0.2, 0) is 16.1 Å². The molecule has 166 valence electrons. The molecule has 0 bridgehead atoms. The van der Waals surface area contributed by atoms with Crippen molar-refractivity contribution < 1.29 is 14.3 Å². The maximum atomic E-state index is 12.0. The number of amides is 1. The highest BCUT2D eigenvalue weighted by molar-refractivity contribution is 6.37. The van der Waals surface area contributed by atoms with Crippen LogP contribution in [-0.4, -0.2) is 49.9 Å². The van der Waals surface area contributed by atoms with Crippen LogP contribution in [0.25, 0.3) is 10.8 Å². The molecule has 4 rings (SSSR count). The Hall–Kier alpha value is -2.64. The van der Waals surface area contributed by atoms with Crippen LogP contribution in [0.1, 0.15) is 11.1 Å². The summed E-state index contributed by atoms with van der Waals surface area (Å²) < 4.78 is 11.2. The van der Waals surface area contributed by atoms with Crippen LogP contribution < -0.4 is 10.2 Å². The van der Waals surface area contributed by atoms with Gasteiger partial charge in [0.05, 0.1) is 36.0 Å². The minimum atomic E-state index is -0.185. The highest BCUT2D eigenvalue weighted by Crippen LogP contribution is 2.35. The molecule has 8 heteroatoms. The van der Waals surface area contributed by atoms with E-state index in [0.717, 1.165) is 29.4 Å². The van der Waals surface area contributed by atoms with Gasteiger partial charge in [0, 0.05) is 13.1 Å². The standard InChI is InChI=1S/C24H23Cl2N3O3/c25-21-12-17(14-27-28-23(30)15-29-8-10-31-11-9-29)13-22(26)24(21)32-16-19-6-3-5-18-4-1-2-7-20(18)19/h1-7,12-14H,8-11,15-16H2,(H,28,30)/b27-14+. The summed E-state index contributed by atoms with van der Waals surface area (Å²) in [7, 11) is 0. The fourth-order valence-electron chi connectivity index (χ4n) is 3.54. The second kappa shape index (κ2) is 10.8. The lowest BCUT2D eigenvalue weighted by molar-refractivity contribution is -0.123. The number of morpholine rings is 1. The minimum absolute atomic E-state index is 0.185. The number of benzene rings is 3. The normalized spacial score (nSPS) is 14.7. The summed E-state index contributed by atoms with van der Waals surface area (Å²) in [4.78, 5) is 14.0. The van der Waals surface area contributed by atoms with Crippen molar-refractivity contribution in [3.8, 4) is 5.75 Å². The van der Waals surface area contributed by atoms with Gasteiger partial charge < -0.3 is 9.47 Å². The largest absolute Gasteiger partial charge is 0.486 e. The van der Waals surface area contributed by atoms with E-state index in [-0.39, 0.29) is 12.5 Å². The smallest absolute Gasteiger partial charge is 0.254 e. The van der Waals surface area contributed by atoms with Gasteiger partial charge in [-0.05, 0) is 34.0 Å². The van der Waals surface area contributed by atoms with E-state index in [1.165, 1.54) is 6.21 Å². The molecule has 1 aliphatic rings. The van der Waals surface area contributed by atoms with E-state index < -0.39 is 0 Å². The van der Waals surface area contributed by atoms with Crippen LogP contribution in [0.5, 0.6) is 5.75 Å². The zero-order valence-corrected chi connectivity index (χ0v) is 18.9. The molecule has 0 aliphatic carbocycles. The molecular formula is C24H23Cl2N3O3. The summed E-state index contributed by atoms with van der Waals surface area (Å²) >= 11 is 12.8. The predicted octanol–water partition coefficient (Wildman–Crippen LogP) is 4.51. The van der Waals surface area contributed by atoms with Crippen LogP contribution >= 0.6 is 23.2 Å². The molecule has 3 aromatic carbocycles. The zero-order chi connectivity index (χ0) is 22.3. The van der Waals surface area contributed by atoms with Gasteiger partial charge in [-0.1, -0.05) is 65.7 Å². The first kappa shape index (κ1) is 22.6. The summed E-state index contributed by atoms with van der Waals surface area (Å²) in [6.07, 6.45) is 1.50. The van der Waals surface area contributed by atoms with Crippen LogP contribution in [0.15, 0.2) is 59.7 Å². The third-order valence-electron chi connectivity index (χ3n) is 5.15. The summed E-state index contributed by atoms with van der Waals surface area (Å²) in [5, 5.41) is 7.02. The van der Waals surface area contributed by atoms with Crippen LogP contribution in [0.3, 0.4) is 0 Å². The lowest BCUT2D eigenvalue weighted by atomic mass is 10.1. The highest BCUT2D eigenvalue weighted by Gasteiger charge is 2.14. The van der Waals surface area contributed by atoms with Gasteiger partial charge in [0.25, 0.3) is 5.91 Å². The number of rotatable bonds is 7. The Bertz CT molecular complexity index is 1100. The van der Waals surface area contributed by atoms with Crippen molar-refractivity contribution in [3.63, 3.8) is 0 Å². The fourth-order valence-corrected chi connectivity index (χ4v) is 4.15. The summed E-state index contributed by atoms with van der Waals surface area (Å²) in [6, 6.07) is 17.6. The number of halogens is 2. The van der Waals surface area contributed by atoms with Gasteiger partial charge in [-0.3, -0.25) is 9.69 Å². The van der Waals surface area contributed by atoms with Crippen molar-refractivity contribution in [3.05, 3.63) is 75.8 Å². The predicted molar refractivity (Wildman–Crippen MR) is 128 cm³/mol. The number of hydrogen-bond donors (Lipinski definition) is 1. The number of carbonyl (C=O) groups excluding carboxylic acids is 1.